The second-order valence-electron chi connectivity index (χ2n) is 7.46. The smallest absolute Gasteiger partial charge is 0.260 e. The molecule has 0 radical (unpaired) electrons. The van der Waals surface area contributed by atoms with Crippen molar-refractivity contribution in [3.8, 4) is 11.5 Å². The van der Waals surface area contributed by atoms with E-state index >= 15 is 0 Å². The Bertz CT molecular complexity index is 1370. The van der Waals surface area contributed by atoms with Crippen molar-refractivity contribution in [1.82, 2.24) is 5.43 Å². The number of nitrogens with zero attached hydrogens (tertiary/aromatic N) is 2. The number of amides is 1. The van der Waals surface area contributed by atoms with Gasteiger partial charge in [0.15, 0.2) is 11.5 Å². The predicted octanol–water partition coefficient (Wildman–Crippen LogP) is 5.26. The SMILES string of the molecule is COc1cc(/C=N\NC(=O)CN(c2ccccc2Cl)S(C)(=O)=O)cc(Br)c1OCc1ccc(Cl)cc1. The van der Waals surface area contributed by atoms with Crippen molar-refractivity contribution in [1.29, 1.82) is 0 Å². The Balaban J connectivity index is 1.68. The van der Waals surface area contributed by atoms with Gasteiger partial charge in [-0.05, 0) is 63.5 Å². The van der Waals surface area contributed by atoms with Gasteiger partial charge in [0, 0.05) is 5.02 Å². The highest BCUT2D eigenvalue weighted by Gasteiger charge is 2.22. The van der Waals surface area contributed by atoms with Gasteiger partial charge in [-0.2, -0.15) is 5.10 Å². The summed E-state index contributed by atoms with van der Waals surface area (Å²) in [5.41, 5.74) is 4.06. The topological polar surface area (TPSA) is 97.3 Å². The maximum atomic E-state index is 12.4. The van der Waals surface area contributed by atoms with E-state index in [0.29, 0.717) is 33.2 Å². The molecule has 0 aliphatic carbocycles. The number of halogens is 3. The zero-order valence-electron chi connectivity index (χ0n) is 19.2. The van der Waals surface area contributed by atoms with Gasteiger partial charge in [-0.1, -0.05) is 47.5 Å². The second kappa shape index (κ2) is 12.4. The molecule has 0 heterocycles. The van der Waals surface area contributed by atoms with E-state index in [1.807, 2.05) is 12.1 Å². The number of anilines is 1. The Morgan fingerprint density at radius 2 is 1.83 bits per heavy atom. The number of hydrogen-bond acceptors (Lipinski definition) is 6. The maximum Gasteiger partial charge on any atom is 0.260 e. The molecule has 12 heteroatoms. The summed E-state index contributed by atoms with van der Waals surface area (Å²) >= 11 is 15.5. The Labute approximate surface area is 228 Å². The molecule has 0 saturated carbocycles. The van der Waals surface area contributed by atoms with E-state index in [1.54, 1.807) is 42.5 Å². The lowest BCUT2D eigenvalue weighted by atomic mass is 10.2. The van der Waals surface area contributed by atoms with Crippen LogP contribution in [0.3, 0.4) is 0 Å². The molecule has 190 valence electrons. The van der Waals surface area contributed by atoms with Crippen LogP contribution in [-0.4, -0.2) is 40.4 Å². The van der Waals surface area contributed by atoms with E-state index < -0.39 is 22.5 Å². The fourth-order valence-electron chi connectivity index (χ4n) is 3.07. The van der Waals surface area contributed by atoms with Crippen molar-refractivity contribution in [3.05, 3.63) is 86.3 Å². The van der Waals surface area contributed by atoms with Gasteiger partial charge in [0.2, 0.25) is 10.0 Å². The van der Waals surface area contributed by atoms with Gasteiger partial charge in [-0.15, -0.1) is 0 Å². The monoisotopic (exact) mass is 613 g/mol. The first-order valence-corrected chi connectivity index (χ1v) is 13.8. The number of rotatable bonds is 10. The normalized spacial score (nSPS) is 11.4. The van der Waals surface area contributed by atoms with Crippen LogP contribution in [-0.2, 0) is 21.4 Å². The quantitative estimate of drug-likeness (QED) is 0.248. The van der Waals surface area contributed by atoms with E-state index in [4.69, 9.17) is 32.7 Å². The molecule has 0 aliphatic heterocycles. The fourth-order valence-corrected chi connectivity index (χ4v) is 4.93. The van der Waals surface area contributed by atoms with Crippen LogP contribution in [0.1, 0.15) is 11.1 Å². The van der Waals surface area contributed by atoms with Gasteiger partial charge in [-0.3, -0.25) is 9.10 Å². The molecule has 36 heavy (non-hydrogen) atoms. The molecular weight excluding hydrogens is 593 g/mol. The number of para-hydroxylation sites is 1. The zero-order valence-corrected chi connectivity index (χ0v) is 23.2. The number of ether oxygens (including phenoxy) is 2. The average Bonchev–Trinajstić information content (AvgIpc) is 2.82. The summed E-state index contributed by atoms with van der Waals surface area (Å²) < 4.78 is 37.3. The van der Waals surface area contributed by atoms with Crippen molar-refractivity contribution in [2.24, 2.45) is 5.10 Å². The van der Waals surface area contributed by atoms with E-state index in [2.05, 4.69) is 26.5 Å². The van der Waals surface area contributed by atoms with E-state index in [-0.39, 0.29) is 10.7 Å². The van der Waals surface area contributed by atoms with Crippen LogP contribution < -0.4 is 19.2 Å². The summed E-state index contributed by atoms with van der Waals surface area (Å²) in [7, 11) is -2.26. The molecule has 1 amide bonds. The molecule has 0 unspecified atom stereocenters. The molecule has 0 fully saturated rings. The van der Waals surface area contributed by atoms with Crippen LogP contribution in [0, 0.1) is 0 Å². The van der Waals surface area contributed by atoms with Crippen molar-refractivity contribution >= 4 is 67.0 Å². The summed E-state index contributed by atoms with van der Waals surface area (Å²) in [5.74, 6) is 0.302. The number of hydrazone groups is 1. The Morgan fingerprint density at radius 1 is 1.14 bits per heavy atom. The van der Waals surface area contributed by atoms with Gasteiger partial charge in [0.05, 0.1) is 34.8 Å². The Hall–Kier alpha value is -2.79. The standard InChI is InChI=1S/C24H22BrCl2N3O5S/c1-34-22-12-17(11-19(25)24(22)35-15-16-7-9-18(26)10-8-16)13-28-29-23(31)14-30(36(2,32)33)21-6-4-3-5-20(21)27/h3-13H,14-15H2,1-2H3,(H,29,31)/b28-13-. The highest BCUT2D eigenvalue weighted by molar-refractivity contribution is 9.10. The van der Waals surface area contributed by atoms with Gasteiger partial charge in [0.1, 0.15) is 13.2 Å². The minimum absolute atomic E-state index is 0.198. The Morgan fingerprint density at radius 3 is 2.47 bits per heavy atom. The summed E-state index contributed by atoms with van der Waals surface area (Å²) in [6.45, 7) is -0.192. The van der Waals surface area contributed by atoms with Crippen LogP contribution in [0.2, 0.25) is 10.0 Å². The maximum absolute atomic E-state index is 12.4. The molecule has 0 bridgehead atoms. The van der Waals surface area contributed by atoms with Crippen LogP contribution >= 0.6 is 39.1 Å². The number of benzene rings is 3. The minimum atomic E-state index is -3.77. The van der Waals surface area contributed by atoms with E-state index in [0.717, 1.165) is 16.1 Å². The van der Waals surface area contributed by atoms with Crippen molar-refractivity contribution in [2.45, 2.75) is 6.61 Å². The van der Waals surface area contributed by atoms with Crippen LogP contribution in [0.4, 0.5) is 5.69 Å². The van der Waals surface area contributed by atoms with Crippen LogP contribution in [0.25, 0.3) is 0 Å². The fraction of sp³-hybridized carbons (Fsp3) is 0.167. The van der Waals surface area contributed by atoms with E-state index in [9.17, 15) is 13.2 Å². The highest BCUT2D eigenvalue weighted by atomic mass is 79.9. The third kappa shape index (κ3) is 7.60. The molecule has 3 rings (SSSR count). The summed E-state index contributed by atoms with van der Waals surface area (Å²) in [5, 5.41) is 4.78. The second-order valence-corrected chi connectivity index (χ2v) is 11.1. The number of methoxy groups -OCH3 is 1. The lowest BCUT2D eigenvalue weighted by Gasteiger charge is -2.22. The average molecular weight is 615 g/mol. The lowest BCUT2D eigenvalue weighted by molar-refractivity contribution is -0.119. The van der Waals surface area contributed by atoms with Crippen molar-refractivity contribution in [3.63, 3.8) is 0 Å². The first-order valence-electron chi connectivity index (χ1n) is 10.4. The number of hydrogen-bond donors (Lipinski definition) is 1. The number of sulfonamides is 1. The van der Waals surface area contributed by atoms with Gasteiger partial charge in [-0.25, -0.2) is 13.8 Å². The number of carbonyl (C=O) groups excluding carboxylic acids is 1. The number of carbonyl (C=O) groups is 1. The van der Waals surface area contributed by atoms with Crippen molar-refractivity contribution < 1.29 is 22.7 Å². The lowest BCUT2D eigenvalue weighted by Crippen LogP contribution is -2.39. The molecule has 0 aromatic heterocycles. The molecule has 0 aliphatic rings. The van der Waals surface area contributed by atoms with Gasteiger partial charge >= 0.3 is 0 Å². The molecule has 8 nitrogen and oxygen atoms in total. The van der Waals surface area contributed by atoms with Crippen molar-refractivity contribution in [2.75, 3.05) is 24.2 Å². The molecule has 0 spiro atoms. The van der Waals surface area contributed by atoms with E-state index in [1.165, 1.54) is 19.4 Å². The highest BCUT2D eigenvalue weighted by Crippen LogP contribution is 2.37. The first-order chi connectivity index (χ1) is 17.1. The molecular formula is C24H22BrCl2N3O5S. The van der Waals surface area contributed by atoms with Crippen LogP contribution in [0.5, 0.6) is 11.5 Å². The molecule has 0 saturated heterocycles. The third-order valence-corrected chi connectivity index (χ3v) is 7.05. The van der Waals surface area contributed by atoms with Crippen LogP contribution in [0.15, 0.2) is 70.2 Å². The number of nitrogens with one attached hydrogen (secondary N) is 1. The van der Waals surface area contributed by atoms with Gasteiger partial charge < -0.3 is 9.47 Å². The third-order valence-electron chi connectivity index (χ3n) is 4.76. The summed E-state index contributed by atoms with van der Waals surface area (Å²) in [6.07, 6.45) is 2.39. The van der Waals surface area contributed by atoms with Gasteiger partial charge in [0.25, 0.3) is 5.91 Å². The summed E-state index contributed by atoms with van der Waals surface area (Å²) in [6, 6.07) is 17.1. The predicted molar refractivity (Wildman–Crippen MR) is 146 cm³/mol. The summed E-state index contributed by atoms with van der Waals surface area (Å²) in [4.78, 5) is 12.4. The molecule has 1 N–H and O–H groups in total. The molecule has 3 aromatic rings. The molecule has 0 atom stereocenters. The largest absolute Gasteiger partial charge is 0.493 e. The zero-order chi connectivity index (χ0) is 26.3. The first kappa shape index (κ1) is 27.8. The Kier molecular flexibility index (Phi) is 9.61. The molecule has 3 aromatic carbocycles. The minimum Gasteiger partial charge on any atom is -0.493 e.